The number of nitrogens with zero attached hydrogens (tertiary/aromatic N) is 1. The third-order valence-corrected chi connectivity index (χ3v) is 4.31. The molecule has 0 heterocycles. The average molecular weight is 370 g/mol. The summed E-state index contributed by atoms with van der Waals surface area (Å²) in [7, 11) is -3.55. The minimum absolute atomic E-state index is 0.118. The molecule has 0 aliphatic heterocycles. The van der Waals surface area contributed by atoms with Crippen molar-refractivity contribution in [3.63, 3.8) is 0 Å². The van der Waals surface area contributed by atoms with Crippen molar-refractivity contribution in [2.75, 3.05) is 13.3 Å². The zero-order chi connectivity index (χ0) is 17.7. The predicted molar refractivity (Wildman–Crippen MR) is 89.0 cm³/mol. The van der Waals surface area contributed by atoms with E-state index in [4.69, 9.17) is 20.6 Å². The molecule has 0 aliphatic rings. The lowest BCUT2D eigenvalue weighted by molar-refractivity contribution is -0.384. The molecule has 0 saturated heterocycles. The molecule has 1 atom stereocenters. The van der Waals surface area contributed by atoms with Gasteiger partial charge < -0.3 is 4.52 Å². The van der Waals surface area contributed by atoms with Gasteiger partial charge in [-0.2, -0.15) is 0 Å². The highest BCUT2D eigenvalue weighted by molar-refractivity contribution is 7.53. The van der Waals surface area contributed by atoms with Gasteiger partial charge >= 0.3 is 7.60 Å². The van der Waals surface area contributed by atoms with Crippen molar-refractivity contribution in [3.05, 3.63) is 69.2 Å². The van der Waals surface area contributed by atoms with Crippen LogP contribution in [0.3, 0.4) is 0 Å². The van der Waals surface area contributed by atoms with E-state index in [1.54, 1.807) is 12.1 Å². The average Bonchev–Trinajstić information content (AvgIpc) is 2.53. The summed E-state index contributed by atoms with van der Waals surface area (Å²) in [5.41, 5.74) is 0.252. The van der Waals surface area contributed by atoms with Crippen LogP contribution in [-0.2, 0) is 9.09 Å². The summed E-state index contributed by atoms with van der Waals surface area (Å²) in [6.07, 6.45) is 0. The molecular weight excluding hydrogens is 357 g/mol. The van der Waals surface area contributed by atoms with Gasteiger partial charge in [0.25, 0.3) is 5.69 Å². The lowest BCUT2D eigenvalue weighted by Gasteiger charge is -2.14. The van der Waals surface area contributed by atoms with Crippen LogP contribution in [0.4, 0.5) is 5.69 Å². The molecule has 9 heteroatoms. The van der Waals surface area contributed by atoms with Gasteiger partial charge in [0.15, 0.2) is 5.78 Å². The van der Waals surface area contributed by atoms with Crippen LogP contribution >= 0.6 is 19.2 Å². The first kappa shape index (κ1) is 18.1. The van der Waals surface area contributed by atoms with E-state index in [9.17, 15) is 19.5 Å². The molecule has 0 N–H and O–H groups in total. The van der Waals surface area contributed by atoms with Crippen molar-refractivity contribution in [1.29, 1.82) is 0 Å². The molecule has 0 aliphatic carbocycles. The Morgan fingerprint density at radius 1 is 1.17 bits per heavy atom. The molecule has 0 unspecified atom stereocenters. The third kappa shape index (κ3) is 5.16. The number of halogens is 1. The van der Waals surface area contributed by atoms with Crippen LogP contribution in [0.15, 0.2) is 48.5 Å². The lowest BCUT2D eigenvalue weighted by Crippen LogP contribution is -2.09. The van der Waals surface area contributed by atoms with Crippen molar-refractivity contribution in [2.24, 2.45) is 0 Å². The molecule has 2 aromatic rings. The van der Waals surface area contributed by atoms with Gasteiger partial charge in [-0.05, 0) is 36.4 Å². The predicted octanol–water partition coefficient (Wildman–Crippen LogP) is 4.35. The first-order valence-electron chi connectivity index (χ1n) is 6.72. The number of Topliss-reactive ketones (excluding diaryl/α,β-unsaturated/α-hetero) is 1. The standard InChI is InChI=1S/C15H13ClNO6P/c1-24(21,23-14-8-6-13(7-9-14)17(19)20)22-10-15(18)11-2-4-12(16)5-3-11/h2-9H,10H2,1H3/t24-/m0/s1. The fraction of sp³-hybridized carbons (Fsp3) is 0.133. The Morgan fingerprint density at radius 3 is 2.29 bits per heavy atom. The molecule has 24 heavy (non-hydrogen) atoms. The second-order valence-electron chi connectivity index (χ2n) is 4.82. The number of non-ortho nitro benzene ring substituents is 1. The number of nitro groups is 1. The van der Waals surface area contributed by atoms with Gasteiger partial charge in [-0.3, -0.25) is 19.4 Å². The fourth-order valence-corrected chi connectivity index (χ4v) is 2.78. The number of ketones is 1. The molecule has 0 aromatic heterocycles. The van der Waals surface area contributed by atoms with Crippen LogP contribution in [0, 0.1) is 10.1 Å². The normalized spacial score (nSPS) is 13.1. The van der Waals surface area contributed by atoms with Crippen LogP contribution in [-0.4, -0.2) is 24.0 Å². The first-order valence-corrected chi connectivity index (χ1v) is 9.08. The SMILES string of the molecule is C[P@](=O)(OCC(=O)c1ccc(Cl)cc1)Oc1ccc([N+](=O)[O-])cc1. The molecule has 126 valence electrons. The molecule has 0 fully saturated rings. The Morgan fingerprint density at radius 2 is 1.75 bits per heavy atom. The summed E-state index contributed by atoms with van der Waals surface area (Å²) in [4.78, 5) is 22.0. The van der Waals surface area contributed by atoms with E-state index in [1.165, 1.54) is 43.1 Å². The Hall–Kier alpha value is -2.21. The van der Waals surface area contributed by atoms with Gasteiger partial charge in [0, 0.05) is 29.4 Å². The highest BCUT2D eigenvalue weighted by atomic mass is 35.5. The van der Waals surface area contributed by atoms with Crippen molar-refractivity contribution in [2.45, 2.75) is 0 Å². The molecule has 7 nitrogen and oxygen atoms in total. The second kappa shape index (κ2) is 7.57. The van der Waals surface area contributed by atoms with Crippen LogP contribution in [0.5, 0.6) is 5.75 Å². The zero-order valence-corrected chi connectivity index (χ0v) is 14.2. The van der Waals surface area contributed by atoms with Gasteiger partial charge in [-0.15, -0.1) is 0 Å². The van der Waals surface area contributed by atoms with E-state index in [0.29, 0.717) is 10.6 Å². The van der Waals surface area contributed by atoms with Gasteiger partial charge in [0.05, 0.1) is 4.92 Å². The van der Waals surface area contributed by atoms with Crippen LogP contribution in [0.25, 0.3) is 0 Å². The molecule has 2 aromatic carbocycles. The largest absolute Gasteiger partial charge is 0.425 e. The van der Waals surface area contributed by atoms with E-state index in [0.717, 1.165) is 0 Å². The number of benzene rings is 2. The monoisotopic (exact) mass is 369 g/mol. The quantitative estimate of drug-likeness (QED) is 0.311. The number of carbonyl (C=O) groups excluding carboxylic acids is 1. The van der Waals surface area contributed by atoms with Crippen molar-refractivity contribution in [1.82, 2.24) is 0 Å². The van der Waals surface area contributed by atoms with Crippen molar-refractivity contribution in [3.8, 4) is 5.75 Å². The summed E-state index contributed by atoms with van der Waals surface area (Å²) in [6.45, 7) is 0.784. The minimum Gasteiger partial charge on any atom is -0.425 e. The van der Waals surface area contributed by atoms with Crippen LogP contribution in [0.1, 0.15) is 10.4 Å². The van der Waals surface area contributed by atoms with Gasteiger partial charge in [0.2, 0.25) is 0 Å². The molecule has 0 spiro atoms. The Kier molecular flexibility index (Phi) is 5.72. The second-order valence-corrected chi connectivity index (χ2v) is 7.24. The summed E-state index contributed by atoms with van der Waals surface area (Å²) < 4.78 is 22.5. The van der Waals surface area contributed by atoms with Gasteiger partial charge in [-0.1, -0.05) is 11.6 Å². The number of hydrogen-bond donors (Lipinski definition) is 0. The van der Waals surface area contributed by atoms with E-state index in [1.807, 2.05) is 0 Å². The fourth-order valence-electron chi connectivity index (χ4n) is 1.74. The van der Waals surface area contributed by atoms with E-state index < -0.39 is 19.1 Å². The van der Waals surface area contributed by atoms with Crippen molar-refractivity contribution < 1.29 is 23.3 Å². The maximum Gasteiger partial charge on any atom is 0.376 e. The summed E-state index contributed by atoms with van der Waals surface area (Å²) >= 11 is 5.74. The minimum atomic E-state index is -3.55. The van der Waals surface area contributed by atoms with E-state index in [-0.39, 0.29) is 17.2 Å². The Bertz CT molecular complexity index is 791. The summed E-state index contributed by atoms with van der Waals surface area (Å²) in [5, 5.41) is 11.1. The molecule has 0 amide bonds. The Labute approximate surface area is 142 Å². The zero-order valence-electron chi connectivity index (χ0n) is 12.5. The van der Waals surface area contributed by atoms with E-state index in [2.05, 4.69) is 0 Å². The van der Waals surface area contributed by atoms with Gasteiger partial charge in [-0.25, -0.2) is 4.57 Å². The lowest BCUT2D eigenvalue weighted by atomic mass is 10.1. The van der Waals surface area contributed by atoms with Gasteiger partial charge in [0.1, 0.15) is 12.4 Å². The Balaban J connectivity index is 1.95. The number of carbonyl (C=O) groups is 1. The van der Waals surface area contributed by atoms with E-state index >= 15 is 0 Å². The molecule has 0 radical (unpaired) electrons. The summed E-state index contributed by atoms with van der Waals surface area (Å²) in [6, 6.07) is 11.2. The van der Waals surface area contributed by atoms with Crippen molar-refractivity contribution >= 4 is 30.7 Å². The maximum atomic E-state index is 12.2. The molecule has 0 saturated carbocycles. The molecule has 2 rings (SSSR count). The van der Waals surface area contributed by atoms with Crippen LogP contribution in [0.2, 0.25) is 5.02 Å². The number of nitro benzene ring substituents is 1. The smallest absolute Gasteiger partial charge is 0.376 e. The third-order valence-electron chi connectivity index (χ3n) is 2.92. The highest BCUT2D eigenvalue weighted by Gasteiger charge is 2.21. The number of rotatable bonds is 7. The molecular formula is C15H13ClNO6P. The molecule has 0 bridgehead atoms. The first-order chi connectivity index (χ1) is 11.3. The van der Waals surface area contributed by atoms with Crippen LogP contribution < -0.4 is 4.52 Å². The number of hydrogen-bond acceptors (Lipinski definition) is 6. The maximum absolute atomic E-state index is 12.2. The highest BCUT2D eigenvalue weighted by Crippen LogP contribution is 2.44. The topological polar surface area (TPSA) is 95.7 Å². The summed E-state index contributed by atoms with van der Waals surface area (Å²) in [5.74, 6) is -0.230.